The summed E-state index contributed by atoms with van der Waals surface area (Å²) >= 11 is 0. The maximum atomic E-state index is 12.1. The van der Waals surface area contributed by atoms with Crippen LogP contribution in [0.5, 0.6) is 5.75 Å². The molecule has 0 bridgehead atoms. The van der Waals surface area contributed by atoms with Gasteiger partial charge in [-0.2, -0.15) is 5.10 Å². The fraction of sp³-hybridized carbons (Fsp3) is 0.158. The molecule has 1 aromatic heterocycles. The van der Waals surface area contributed by atoms with Crippen molar-refractivity contribution >= 4 is 11.7 Å². The highest BCUT2D eigenvalue weighted by atomic mass is 16.5. The summed E-state index contributed by atoms with van der Waals surface area (Å²) in [5, 5.41) is 10.3. The lowest BCUT2D eigenvalue weighted by Crippen LogP contribution is -2.23. The number of fused-ring (bicyclic) bond motifs is 1. The lowest BCUT2D eigenvalue weighted by atomic mass is 9.84. The van der Waals surface area contributed by atoms with Crippen LogP contribution in [-0.4, -0.2) is 23.2 Å². The number of methoxy groups -OCH3 is 1. The first kappa shape index (κ1) is 14.5. The summed E-state index contributed by atoms with van der Waals surface area (Å²) in [6.45, 7) is 0. The number of amides is 1. The standard InChI is InChI=1S/C19H17N3O2/c1-24-15-10-6-5-9-13(15)14-11-16(23)20-19-17(14)18(21-22-19)12-7-3-2-4-8-12/h2-10,14H,11H2,1H3,(H2,20,21,22,23)/t14-/m1/s1. The topological polar surface area (TPSA) is 67.0 Å². The maximum absolute atomic E-state index is 12.1. The van der Waals surface area contributed by atoms with E-state index in [0.717, 1.165) is 28.1 Å². The van der Waals surface area contributed by atoms with Crippen LogP contribution in [0.3, 0.4) is 0 Å². The number of benzene rings is 2. The number of rotatable bonds is 3. The normalized spacial score (nSPS) is 16.4. The van der Waals surface area contributed by atoms with E-state index < -0.39 is 0 Å². The minimum atomic E-state index is -0.0983. The number of carbonyl (C=O) groups is 1. The number of aromatic nitrogens is 2. The van der Waals surface area contributed by atoms with Gasteiger partial charge in [0.1, 0.15) is 5.75 Å². The van der Waals surface area contributed by atoms with Gasteiger partial charge >= 0.3 is 0 Å². The van der Waals surface area contributed by atoms with Gasteiger partial charge in [-0.15, -0.1) is 0 Å². The van der Waals surface area contributed by atoms with Crippen molar-refractivity contribution < 1.29 is 9.53 Å². The van der Waals surface area contributed by atoms with E-state index in [1.54, 1.807) is 7.11 Å². The second-order valence-electron chi connectivity index (χ2n) is 5.77. The second-order valence-corrected chi connectivity index (χ2v) is 5.77. The van der Waals surface area contributed by atoms with E-state index in [4.69, 9.17) is 4.74 Å². The number of nitrogens with one attached hydrogen (secondary N) is 2. The summed E-state index contributed by atoms with van der Waals surface area (Å²) in [6, 6.07) is 17.8. The molecule has 1 aliphatic heterocycles. The Bertz CT molecular complexity index is 887. The predicted octanol–water partition coefficient (Wildman–Crippen LogP) is 3.56. The predicted molar refractivity (Wildman–Crippen MR) is 92.1 cm³/mol. The Morgan fingerprint density at radius 3 is 2.62 bits per heavy atom. The van der Waals surface area contributed by atoms with E-state index in [2.05, 4.69) is 15.5 Å². The molecular formula is C19H17N3O2. The van der Waals surface area contributed by atoms with Crippen molar-refractivity contribution in [1.82, 2.24) is 10.2 Å². The van der Waals surface area contributed by atoms with Crippen LogP contribution in [0.2, 0.25) is 0 Å². The highest BCUT2D eigenvalue weighted by Crippen LogP contribution is 2.44. The molecule has 2 N–H and O–H groups in total. The van der Waals surface area contributed by atoms with E-state index in [1.165, 1.54) is 0 Å². The van der Waals surface area contributed by atoms with Crippen LogP contribution in [0.4, 0.5) is 5.82 Å². The molecule has 2 heterocycles. The van der Waals surface area contributed by atoms with Crippen molar-refractivity contribution in [3.63, 3.8) is 0 Å². The van der Waals surface area contributed by atoms with Crippen molar-refractivity contribution in [2.75, 3.05) is 12.4 Å². The molecule has 1 atom stereocenters. The first-order valence-electron chi connectivity index (χ1n) is 7.84. The molecule has 0 spiro atoms. The van der Waals surface area contributed by atoms with Crippen molar-refractivity contribution in [3.05, 3.63) is 65.7 Å². The number of para-hydroxylation sites is 1. The number of nitrogens with zero attached hydrogens (tertiary/aromatic N) is 1. The number of anilines is 1. The number of hydrogen-bond acceptors (Lipinski definition) is 3. The first-order valence-corrected chi connectivity index (χ1v) is 7.84. The average molecular weight is 319 g/mol. The fourth-order valence-electron chi connectivity index (χ4n) is 3.30. The minimum absolute atomic E-state index is 0.0375. The number of aromatic amines is 1. The van der Waals surface area contributed by atoms with E-state index in [-0.39, 0.29) is 11.8 Å². The second kappa shape index (κ2) is 5.85. The zero-order chi connectivity index (χ0) is 16.5. The molecule has 0 unspecified atom stereocenters. The molecule has 24 heavy (non-hydrogen) atoms. The fourth-order valence-corrected chi connectivity index (χ4v) is 3.30. The average Bonchev–Trinajstić information content (AvgIpc) is 3.05. The third kappa shape index (κ3) is 2.34. The van der Waals surface area contributed by atoms with Gasteiger partial charge in [-0.25, -0.2) is 0 Å². The Hall–Kier alpha value is -3.08. The molecule has 0 saturated heterocycles. The van der Waals surface area contributed by atoms with Gasteiger partial charge in [0.25, 0.3) is 0 Å². The molecule has 5 heteroatoms. The molecule has 0 saturated carbocycles. The quantitative estimate of drug-likeness (QED) is 0.775. The molecule has 0 fully saturated rings. The maximum Gasteiger partial charge on any atom is 0.226 e. The molecular weight excluding hydrogens is 302 g/mol. The van der Waals surface area contributed by atoms with Crippen molar-refractivity contribution in [2.24, 2.45) is 0 Å². The molecule has 1 aliphatic rings. The van der Waals surface area contributed by atoms with Crippen LogP contribution in [0.25, 0.3) is 11.3 Å². The Labute approximate surface area is 139 Å². The van der Waals surface area contributed by atoms with E-state index in [0.29, 0.717) is 12.2 Å². The lowest BCUT2D eigenvalue weighted by molar-refractivity contribution is -0.116. The van der Waals surface area contributed by atoms with Gasteiger partial charge < -0.3 is 10.1 Å². The van der Waals surface area contributed by atoms with Crippen molar-refractivity contribution in [1.29, 1.82) is 0 Å². The highest BCUT2D eigenvalue weighted by molar-refractivity contribution is 5.96. The Kier molecular flexibility index (Phi) is 3.54. The Morgan fingerprint density at radius 1 is 1.08 bits per heavy atom. The summed E-state index contributed by atoms with van der Waals surface area (Å²) in [5.74, 6) is 1.24. The van der Waals surface area contributed by atoms with Crippen LogP contribution < -0.4 is 10.1 Å². The van der Waals surface area contributed by atoms with E-state index >= 15 is 0 Å². The van der Waals surface area contributed by atoms with Gasteiger partial charge in [0.2, 0.25) is 5.91 Å². The summed E-state index contributed by atoms with van der Waals surface area (Å²) in [6.07, 6.45) is 0.368. The third-order valence-corrected chi connectivity index (χ3v) is 4.38. The van der Waals surface area contributed by atoms with Gasteiger partial charge in [0.15, 0.2) is 5.82 Å². The molecule has 3 aromatic rings. The molecule has 5 nitrogen and oxygen atoms in total. The SMILES string of the molecule is COc1ccccc1[C@H]1CC(=O)Nc2n[nH]c(-c3ccccc3)c21. The smallest absolute Gasteiger partial charge is 0.226 e. The van der Waals surface area contributed by atoms with Crippen molar-refractivity contribution in [2.45, 2.75) is 12.3 Å². The molecule has 4 rings (SSSR count). The molecule has 1 amide bonds. The van der Waals surface area contributed by atoms with Crippen LogP contribution in [0.1, 0.15) is 23.5 Å². The zero-order valence-electron chi connectivity index (χ0n) is 13.2. The van der Waals surface area contributed by atoms with Gasteiger partial charge in [-0.3, -0.25) is 9.89 Å². The number of hydrogen-bond donors (Lipinski definition) is 2. The van der Waals surface area contributed by atoms with Crippen LogP contribution >= 0.6 is 0 Å². The lowest BCUT2D eigenvalue weighted by Gasteiger charge is -2.24. The van der Waals surface area contributed by atoms with E-state index in [9.17, 15) is 4.79 Å². The first-order chi connectivity index (χ1) is 11.8. The summed E-state index contributed by atoms with van der Waals surface area (Å²) in [5.41, 5.74) is 3.98. The van der Waals surface area contributed by atoms with Crippen molar-refractivity contribution in [3.8, 4) is 17.0 Å². The molecule has 120 valence electrons. The van der Waals surface area contributed by atoms with Gasteiger partial charge in [-0.1, -0.05) is 48.5 Å². The zero-order valence-corrected chi connectivity index (χ0v) is 13.2. The van der Waals surface area contributed by atoms with E-state index in [1.807, 2.05) is 54.6 Å². The summed E-state index contributed by atoms with van der Waals surface area (Å²) in [7, 11) is 1.65. The minimum Gasteiger partial charge on any atom is -0.496 e. The third-order valence-electron chi connectivity index (χ3n) is 4.38. The van der Waals surface area contributed by atoms with Gasteiger partial charge in [0, 0.05) is 23.5 Å². The number of H-pyrrole nitrogens is 1. The van der Waals surface area contributed by atoms with Crippen LogP contribution in [-0.2, 0) is 4.79 Å². The molecule has 0 aliphatic carbocycles. The molecule has 2 aromatic carbocycles. The highest BCUT2D eigenvalue weighted by Gasteiger charge is 2.33. The van der Waals surface area contributed by atoms with Gasteiger partial charge in [0.05, 0.1) is 12.8 Å². The number of carbonyl (C=O) groups excluding carboxylic acids is 1. The number of ether oxygens (including phenoxy) is 1. The van der Waals surface area contributed by atoms with Gasteiger partial charge in [-0.05, 0) is 11.6 Å². The summed E-state index contributed by atoms with van der Waals surface area (Å²) < 4.78 is 5.51. The monoisotopic (exact) mass is 319 g/mol. The van der Waals surface area contributed by atoms with Crippen LogP contribution in [0, 0.1) is 0 Å². The molecule has 0 radical (unpaired) electrons. The van der Waals surface area contributed by atoms with Crippen LogP contribution in [0.15, 0.2) is 54.6 Å². The Morgan fingerprint density at radius 2 is 1.83 bits per heavy atom. The largest absolute Gasteiger partial charge is 0.496 e. The summed E-state index contributed by atoms with van der Waals surface area (Å²) in [4.78, 5) is 12.1. The Balaban J connectivity index is 1.90.